The van der Waals surface area contributed by atoms with Crippen molar-refractivity contribution in [2.75, 3.05) is 26.4 Å². The Morgan fingerprint density at radius 3 is 1.29 bits per heavy atom. The van der Waals surface area contributed by atoms with Crippen LogP contribution < -0.4 is 11.5 Å². The molecule has 2 aliphatic rings. The zero-order valence-electron chi connectivity index (χ0n) is 8.78. The largest absolute Gasteiger partial charge is 0.377 e. The third-order valence-corrected chi connectivity index (χ3v) is 2.62. The molecule has 2 rings (SSSR count). The second kappa shape index (κ2) is 7.17. The molecule has 0 amide bonds. The van der Waals surface area contributed by atoms with Gasteiger partial charge in [0.2, 0.25) is 0 Å². The Balaban J connectivity index is 0.000000146. The smallest absolute Gasteiger partial charge is 0.0701 e. The van der Waals surface area contributed by atoms with E-state index in [0.717, 1.165) is 39.3 Å². The van der Waals surface area contributed by atoms with Crippen molar-refractivity contribution >= 4 is 0 Å². The lowest BCUT2D eigenvalue weighted by Crippen LogP contribution is -2.43. The predicted octanol–water partition coefficient (Wildman–Crippen LogP) is 0.248. The number of ether oxygens (including phenoxy) is 2. The molecule has 4 nitrogen and oxygen atoms in total. The van der Waals surface area contributed by atoms with Crippen LogP contribution in [0.25, 0.3) is 0 Å². The Hall–Kier alpha value is -0.160. The van der Waals surface area contributed by atoms with Crippen LogP contribution in [-0.4, -0.2) is 38.5 Å². The zero-order valence-corrected chi connectivity index (χ0v) is 8.78. The van der Waals surface area contributed by atoms with Gasteiger partial charge in [-0.2, -0.15) is 0 Å². The first-order chi connectivity index (χ1) is 6.80. The van der Waals surface area contributed by atoms with E-state index < -0.39 is 0 Å². The molecule has 2 fully saturated rings. The summed E-state index contributed by atoms with van der Waals surface area (Å²) in [5, 5.41) is 0. The fourth-order valence-corrected chi connectivity index (χ4v) is 1.63. The summed E-state index contributed by atoms with van der Waals surface area (Å²) in [5.41, 5.74) is 11.3. The lowest BCUT2D eigenvalue weighted by molar-refractivity contribution is -0.0334. The molecule has 0 aromatic carbocycles. The summed E-state index contributed by atoms with van der Waals surface area (Å²) in [6, 6.07) is 0.562. The molecule has 0 bridgehead atoms. The van der Waals surface area contributed by atoms with Crippen LogP contribution in [0, 0.1) is 0 Å². The third-order valence-electron chi connectivity index (χ3n) is 2.62. The Labute approximate surface area is 85.9 Å². The monoisotopic (exact) mass is 202 g/mol. The Morgan fingerprint density at radius 2 is 1.07 bits per heavy atom. The van der Waals surface area contributed by atoms with E-state index in [1.165, 1.54) is 12.8 Å². The lowest BCUT2D eigenvalue weighted by Gasteiger charge is -2.24. The van der Waals surface area contributed by atoms with Gasteiger partial charge in [-0.15, -0.1) is 0 Å². The van der Waals surface area contributed by atoms with E-state index in [1.807, 2.05) is 0 Å². The van der Waals surface area contributed by atoms with Crippen molar-refractivity contribution < 1.29 is 9.47 Å². The van der Waals surface area contributed by atoms with Gasteiger partial charge in [-0.1, -0.05) is 12.8 Å². The van der Waals surface area contributed by atoms with Crippen LogP contribution in [0.2, 0.25) is 0 Å². The van der Waals surface area contributed by atoms with E-state index in [2.05, 4.69) is 0 Å². The molecule has 1 saturated carbocycles. The molecule has 1 aliphatic carbocycles. The van der Waals surface area contributed by atoms with Crippen molar-refractivity contribution in [2.24, 2.45) is 11.5 Å². The molecular formula is C10H22N2O2. The van der Waals surface area contributed by atoms with E-state index in [0.29, 0.717) is 0 Å². The van der Waals surface area contributed by atoms with Crippen LogP contribution >= 0.6 is 0 Å². The molecule has 2 atom stereocenters. The summed E-state index contributed by atoms with van der Waals surface area (Å²) in [7, 11) is 0. The molecule has 0 aromatic heterocycles. The molecule has 14 heavy (non-hydrogen) atoms. The van der Waals surface area contributed by atoms with Gasteiger partial charge in [0.25, 0.3) is 0 Å². The highest BCUT2D eigenvalue weighted by Gasteiger charge is 2.16. The molecule has 1 saturated heterocycles. The molecule has 4 N–H and O–H groups in total. The maximum Gasteiger partial charge on any atom is 0.0701 e. The Bertz CT molecular complexity index is 119. The van der Waals surface area contributed by atoms with E-state index in [1.54, 1.807) is 0 Å². The zero-order chi connectivity index (χ0) is 10.2. The van der Waals surface area contributed by atoms with E-state index in [9.17, 15) is 0 Å². The van der Waals surface area contributed by atoms with Gasteiger partial charge in [0, 0.05) is 12.1 Å². The fourth-order valence-electron chi connectivity index (χ4n) is 1.63. The second-order valence-electron chi connectivity index (χ2n) is 3.84. The Morgan fingerprint density at radius 1 is 0.714 bits per heavy atom. The van der Waals surface area contributed by atoms with Crippen LogP contribution in [0.15, 0.2) is 0 Å². The van der Waals surface area contributed by atoms with Crippen molar-refractivity contribution in [3.05, 3.63) is 0 Å². The molecule has 1 heterocycles. The lowest BCUT2D eigenvalue weighted by atomic mass is 9.92. The summed E-state index contributed by atoms with van der Waals surface area (Å²) >= 11 is 0. The van der Waals surface area contributed by atoms with Crippen LogP contribution in [0.1, 0.15) is 25.7 Å². The highest BCUT2D eigenvalue weighted by Crippen LogP contribution is 2.14. The number of hydrogen-bond acceptors (Lipinski definition) is 4. The summed E-state index contributed by atoms with van der Waals surface area (Å²) < 4.78 is 9.89. The highest BCUT2D eigenvalue weighted by atomic mass is 16.6. The topological polar surface area (TPSA) is 70.5 Å². The van der Waals surface area contributed by atoms with Crippen molar-refractivity contribution in [3.8, 4) is 0 Å². The molecule has 84 valence electrons. The molecule has 4 heteroatoms. The van der Waals surface area contributed by atoms with Crippen LogP contribution in [0.3, 0.4) is 0 Å². The van der Waals surface area contributed by atoms with Gasteiger partial charge in [0.05, 0.1) is 26.4 Å². The highest BCUT2D eigenvalue weighted by molar-refractivity contribution is 4.79. The minimum absolute atomic E-state index is 0.281. The summed E-state index contributed by atoms with van der Waals surface area (Å²) in [6.07, 6.45) is 4.80. The fraction of sp³-hybridized carbons (Fsp3) is 1.00. The third kappa shape index (κ3) is 4.91. The van der Waals surface area contributed by atoms with Gasteiger partial charge >= 0.3 is 0 Å². The van der Waals surface area contributed by atoms with Crippen LogP contribution in [-0.2, 0) is 9.47 Å². The molecule has 0 unspecified atom stereocenters. The van der Waals surface area contributed by atoms with Crippen LogP contribution in [0.4, 0.5) is 0 Å². The summed E-state index contributed by atoms with van der Waals surface area (Å²) in [4.78, 5) is 0. The number of hydrogen-bond donors (Lipinski definition) is 2. The van der Waals surface area contributed by atoms with Crippen molar-refractivity contribution in [3.63, 3.8) is 0 Å². The number of rotatable bonds is 0. The van der Waals surface area contributed by atoms with Gasteiger partial charge in [0.1, 0.15) is 0 Å². The first-order valence-corrected chi connectivity index (χ1v) is 5.47. The molecule has 0 radical (unpaired) electrons. The average molecular weight is 202 g/mol. The van der Waals surface area contributed by atoms with Gasteiger partial charge in [0.15, 0.2) is 0 Å². The minimum atomic E-state index is 0.281. The van der Waals surface area contributed by atoms with Gasteiger partial charge < -0.3 is 20.9 Å². The Kier molecular flexibility index (Phi) is 6.10. The average Bonchev–Trinajstić information content (AvgIpc) is 2.26. The predicted molar refractivity (Wildman–Crippen MR) is 56.1 cm³/mol. The van der Waals surface area contributed by atoms with E-state index in [-0.39, 0.29) is 12.1 Å². The van der Waals surface area contributed by atoms with E-state index >= 15 is 0 Å². The summed E-state index contributed by atoms with van der Waals surface area (Å²) in [6.45, 7) is 3.11. The SMILES string of the molecule is C1COCCO1.N[C@@H]1CCCC[C@H]1N. The second-order valence-corrected chi connectivity index (χ2v) is 3.84. The standard InChI is InChI=1S/C6H14N2.C4H8O2/c7-5-3-1-2-4-6(5)8;1-2-6-4-3-5-1/h5-6H,1-4,7-8H2;1-4H2/t5-,6-;/m1./s1. The van der Waals surface area contributed by atoms with E-state index in [4.69, 9.17) is 20.9 Å². The van der Waals surface area contributed by atoms with Crippen molar-refractivity contribution in [1.29, 1.82) is 0 Å². The quantitative estimate of drug-likeness (QED) is 0.590. The maximum atomic E-state index is 5.65. The molecule has 1 aliphatic heterocycles. The molecular weight excluding hydrogens is 180 g/mol. The molecule has 0 aromatic rings. The maximum absolute atomic E-state index is 5.65. The van der Waals surface area contributed by atoms with Crippen molar-refractivity contribution in [2.45, 2.75) is 37.8 Å². The normalized spacial score (nSPS) is 33.0. The summed E-state index contributed by atoms with van der Waals surface area (Å²) in [5.74, 6) is 0. The first-order valence-electron chi connectivity index (χ1n) is 5.47. The molecule has 0 spiro atoms. The van der Waals surface area contributed by atoms with Crippen LogP contribution in [0.5, 0.6) is 0 Å². The van der Waals surface area contributed by atoms with Gasteiger partial charge in [-0.25, -0.2) is 0 Å². The van der Waals surface area contributed by atoms with Gasteiger partial charge in [-0.3, -0.25) is 0 Å². The minimum Gasteiger partial charge on any atom is -0.377 e. The van der Waals surface area contributed by atoms with Gasteiger partial charge in [-0.05, 0) is 12.8 Å². The first kappa shape index (κ1) is 11.9. The number of nitrogens with two attached hydrogens (primary N) is 2. The van der Waals surface area contributed by atoms with Crippen molar-refractivity contribution in [1.82, 2.24) is 0 Å².